The van der Waals surface area contributed by atoms with Gasteiger partial charge < -0.3 is 15.7 Å². The summed E-state index contributed by atoms with van der Waals surface area (Å²) in [6.07, 6.45) is 7.82. The molecule has 3 rings (SSSR count). The van der Waals surface area contributed by atoms with Gasteiger partial charge in [-0.3, -0.25) is 0 Å². The summed E-state index contributed by atoms with van der Waals surface area (Å²) in [7, 11) is 0. The van der Waals surface area contributed by atoms with E-state index in [9.17, 15) is 4.79 Å². The van der Waals surface area contributed by atoms with Crippen LogP contribution in [0.15, 0.2) is 35.9 Å². The Labute approximate surface area is 144 Å². The van der Waals surface area contributed by atoms with Gasteiger partial charge in [0.2, 0.25) is 0 Å². The zero-order valence-electron chi connectivity index (χ0n) is 14.4. The van der Waals surface area contributed by atoms with Gasteiger partial charge in [0.05, 0.1) is 0 Å². The Hall–Kier alpha value is -1.81. The van der Waals surface area contributed by atoms with Crippen LogP contribution >= 0.6 is 0 Å². The van der Waals surface area contributed by atoms with Crippen LogP contribution < -0.4 is 10.6 Å². The SMILES string of the molecule is CC/C(=C\c1ccccc1)C1CC1N[C@H]1CC[C@H](NC(=O)O)CC1. The third kappa shape index (κ3) is 4.60. The number of benzene rings is 1. The van der Waals surface area contributed by atoms with E-state index < -0.39 is 6.09 Å². The minimum atomic E-state index is -0.896. The largest absolute Gasteiger partial charge is 0.465 e. The zero-order valence-corrected chi connectivity index (χ0v) is 14.4. The third-order valence-corrected chi connectivity index (χ3v) is 5.33. The van der Waals surface area contributed by atoms with E-state index in [0.717, 1.165) is 32.1 Å². The van der Waals surface area contributed by atoms with E-state index in [-0.39, 0.29) is 6.04 Å². The van der Waals surface area contributed by atoms with E-state index in [1.54, 1.807) is 5.57 Å². The van der Waals surface area contributed by atoms with Crippen molar-refractivity contribution in [3.05, 3.63) is 41.5 Å². The fraction of sp³-hybridized carbons (Fsp3) is 0.550. The average Bonchev–Trinajstić information content (AvgIpc) is 3.34. The molecule has 0 bridgehead atoms. The van der Waals surface area contributed by atoms with E-state index in [4.69, 9.17) is 5.11 Å². The van der Waals surface area contributed by atoms with Gasteiger partial charge in [0.15, 0.2) is 0 Å². The second-order valence-corrected chi connectivity index (χ2v) is 7.10. The fourth-order valence-corrected chi connectivity index (χ4v) is 3.91. The number of rotatable bonds is 6. The number of amides is 1. The van der Waals surface area contributed by atoms with E-state index in [1.165, 1.54) is 12.0 Å². The van der Waals surface area contributed by atoms with Gasteiger partial charge in [0.25, 0.3) is 0 Å². The Morgan fingerprint density at radius 1 is 1.17 bits per heavy atom. The molecule has 0 radical (unpaired) electrons. The second kappa shape index (κ2) is 7.84. The molecular formula is C20H28N2O2. The van der Waals surface area contributed by atoms with E-state index in [1.807, 2.05) is 0 Å². The van der Waals surface area contributed by atoms with Crippen LogP contribution in [0.25, 0.3) is 6.08 Å². The first-order valence-electron chi connectivity index (χ1n) is 9.16. The molecule has 2 atom stereocenters. The molecule has 0 saturated heterocycles. The lowest BCUT2D eigenvalue weighted by atomic mass is 9.91. The van der Waals surface area contributed by atoms with Crippen molar-refractivity contribution in [1.29, 1.82) is 0 Å². The predicted molar refractivity (Wildman–Crippen MR) is 96.9 cm³/mol. The summed E-state index contributed by atoms with van der Waals surface area (Å²) in [5.41, 5.74) is 2.83. The van der Waals surface area contributed by atoms with Crippen LogP contribution in [0.5, 0.6) is 0 Å². The van der Waals surface area contributed by atoms with Crippen molar-refractivity contribution >= 4 is 12.2 Å². The normalized spacial score (nSPS) is 30.0. The second-order valence-electron chi connectivity index (χ2n) is 7.10. The van der Waals surface area contributed by atoms with Crippen molar-refractivity contribution in [2.45, 2.75) is 63.6 Å². The maximum absolute atomic E-state index is 10.7. The number of hydrogen-bond acceptors (Lipinski definition) is 2. The smallest absolute Gasteiger partial charge is 0.404 e. The molecule has 24 heavy (non-hydrogen) atoms. The highest BCUT2D eigenvalue weighted by atomic mass is 16.4. The first-order chi connectivity index (χ1) is 11.7. The van der Waals surface area contributed by atoms with Crippen LogP contribution in [0.4, 0.5) is 4.79 Å². The van der Waals surface area contributed by atoms with Crippen molar-refractivity contribution in [2.75, 3.05) is 0 Å². The average molecular weight is 328 g/mol. The van der Waals surface area contributed by atoms with Crippen LogP contribution in [0.1, 0.15) is 51.0 Å². The summed E-state index contributed by atoms with van der Waals surface area (Å²) in [5.74, 6) is 0.671. The Morgan fingerprint density at radius 3 is 2.46 bits per heavy atom. The Bertz CT molecular complexity index is 577. The first kappa shape index (κ1) is 17.0. The molecule has 0 heterocycles. The van der Waals surface area contributed by atoms with Gasteiger partial charge in [-0.2, -0.15) is 0 Å². The van der Waals surface area contributed by atoms with E-state index in [0.29, 0.717) is 18.0 Å². The molecule has 3 N–H and O–H groups in total. The van der Waals surface area contributed by atoms with Gasteiger partial charge in [-0.25, -0.2) is 4.79 Å². The topological polar surface area (TPSA) is 61.4 Å². The van der Waals surface area contributed by atoms with Crippen LogP contribution in [0.3, 0.4) is 0 Å². The molecule has 130 valence electrons. The van der Waals surface area contributed by atoms with Gasteiger partial charge in [-0.05, 0) is 50.0 Å². The van der Waals surface area contributed by atoms with Crippen molar-refractivity contribution in [3.63, 3.8) is 0 Å². The highest BCUT2D eigenvalue weighted by molar-refractivity contribution is 5.64. The minimum Gasteiger partial charge on any atom is -0.465 e. The summed E-state index contributed by atoms with van der Waals surface area (Å²) in [6.45, 7) is 2.24. The van der Waals surface area contributed by atoms with Crippen LogP contribution in [-0.4, -0.2) is 29.3 Å². The quantitative estimate of drug-likeness (QED) is 0.738. The minimum absolute atomic E-state index is 0.139. The van der Waals surface area contributed by atoms with E-state index >= 15 is 0 Å². The van der Waals surface area contributed by atoms with Crippen molar-refractivity contribution < 1.29 is 9.90 Å². The molecule has 2 fully saturated rings. The standard InChI is InChI=1S/C20H28N2O2/c1-2-15(12-14-6-4-3-5-7-14)18-13-19(18)21-16-8-10-17(11-9-16)22-20(23)24/h3-7,12,16-19,21-22H,2,8-11,13H2,1H3,(H,23,24)/b15-12+/t16-,17-,18?,19?. The molecule has 0 aliphatic heterocycles. The lowest BCUT2D eigenvalue weighted by Crippen LogP contribution is -2.42. The van der Waals surface area contributed by atoms with Gasteiger partial charge >= 0.3 is 6.09 Å². The lowest BCUT2D eigenvalue weighted by molar-refractivity contribution is 0.183. The molecule has 1 aromatic rings. The Kier molecular flexibility index (Phi) is 5.56. The molecule has 4 nitrogen and oxygen atoms in total. The molecular weight excluding hydrogens is 300 g/mol. The molecule has 1 aromatic carbocycles. The number of carboxylic acid groups (broad SMARTS) is 1. The molecule has 2 aliphatic rings. The van der Waals surface area contributed by atoms with Crippen molar-refractivity contribution in [3.8, 4) is 0 Å². The molecule has 2 unspecified atom stereocenters. The molecule has 4 heteroatoms. The van der Waals surface area contributed by atoms with Gasteiger partial charge in [-0.1, -0.05) is 48.9 Å². The molecule has 0 aromatic heterocycles. The van der Waals surface area contributed by atoms with Gasteiger partial charge in [0, 0.05) is 18.1 Å². The summed E-state index contributed by atoms with van der Waals surface area (Å²) < 4.78 is 0. The zero-order chi connectivity index (χ0) is 16.9. The van der Waals surface area contributed by atoms with Crippen LogP contribution in [0, 0.1) is 5.92 Å². The molecule has 0 spiro atoms. The Balaban J connectivity index is 1.47. The monoisotopic (exact) mass is 328 g/mol. The molecule has 1 amide bonds. The summed E-state index contributed by atoms with van der Waals surface area (Å²) >= 11 is 0. The highest BCUT2D eigenvalue weighted by Gasteiger charge is 2.40. The van der Waals surface area contributed by atoms with E-state index in [2.05, 4.69) is 54.0 Å². The van der Waals surface area contributed by atoms with Gasteiger partial charge in [0.1, 0.15) is 0 Å². The third-order valence-electron chi connectivity index (χ3n) is 5.33. The highest BCUT2D eigenvalue weighted by Crippen LogP contribution is 2.40. The number of hydrogen-bond donors (Lipinski definition) is 3. The van der Waals surface area contributed by atoms with Crippen LogP contribution in [-0.2, 0) is 0 Å². The van der Waals surface area contributed by atoms with Crippen molar-refractivity contribution in [2.24, 2.45) is 5.92 Å². The summed E-state index contributed by atoms with van der Waals surface area (Å²) in [6, 6.07) is 11.8. The van der Waals surface area contributed by atoms with Gasteiger partial charge in [-0.15, -0.1) is 0 Å². The fourth-order valence-electron chi connectivity index (χ4n) is 3.91. The van der Waals surface area contributed by atoms with Crippen molar-refractivity contribution in [1.82, 2.24) is 10.6 Å². The maximum Gasteiger partial charge on any atom is 0.404 e. The first-order valence-corrected chi connectivity index (χ1v) is 9.16. The lowest BCUT2D eigenvalue weighted by Gasteiger charge is -2.29. The predicted octanol–water partition coefficient (Wildman–Crippen LogP) is 4.04. The number of nitrogens with one attached hydrogen (secondary N) is 2. The number of carbonyl (C=O) groups is 1. The maximum atomic E-state index is 10.7. The Morgan fingerprint density at radius 2 is 1.83 bits per heavy atom. The molecule has 2 aliphatic carbocycles. The molecule has 2 saturated carbocycles. The van der Waals surface area contributed by atoms with Crippen LogP contribution in [0.2, 0.25) is 0 Å². The summed E-state index contributed by atoms with van der Waals surface area (Å²) in [5, 5.41) is 15.2. The summed E-state index contributed by atoms with van der Waals surface area (Å²) in [4.78, 5) is 10.7.